The van der Waals surface area contributed by atoms with Gasteiger partial charge in [0.25, 0.3) is 0 Å². The van der Waals surface area contributed by atoms with E-state index in [2.05, 4.69) is 15.0 Å². The summed E-state index contributed by atoms with van der Waals surface area (Å²) in [4.78, 5) is 24.8. The fraction of sp³-hybridized carbons (Fsp3) is 0.200. The van der Waals surface area contributed by atoms with Crippen LogP contribution >= 0.6 is 11.6 Å². The summed E-state index contributed by atoms with van der Waals surface area (Å²) in [5, 5.41) is 0.385. The predicted molar refractivity (Wildman–Crippen MR) is 81.9 cm³/mol. The maximum atomic E-state index is 12.0. The van der Waals surface area contributed by atoms with Gasteiger partial charge in [-0.2, -0.15) is 0 Å². The number of carbonyl (C=O) groups excluding carboxylic acids is 1. The van der Waals surface area contributed by atoms with Crippen molar-refractivity contribution in [1.29, 1.82) is 0 Å². The topological polar surface area (TPSA) is 69.4 Å². The summed E-state index contributed by atoms with van der Waals surface area (Å²) >= 11 is 5.92. The summed E-state index contributed by atoms with van der Waals surface area (Å²) in [6, 6.07) is 7.17. The first-order valence-corrected chi connectivity index (χ1v) is 7.12. The van der Waals surface area contributed by atoms with Gasteiger partial charge in [0.1, 0.15) is 11.5 Å². The Morgan fingerprint density at radius 1 is 1.32 bits per heavy atom. The normalized spacial score (nSPS) is 10.9. The predicted octanol–water partition coefficient (Wildman–Crippen LogP) is 2.93. The molecule has 3 aromatic heterocycles. The van der Waals surface area contributed by atoms with Crippen molar-refractivity contribution >= 4 is 23.2 Å². The van der Waals surface area contributed by atoms with Crippen molar-refractivity contribution in [3.8, 4) is 11.4 Å². The summed E-state index contributed by atoms with van der Waals surface area (Å²) in [6.45, 7) is 3.93. The molecular weight excluding hydrogens is 304 g/mol. The van der Waals surface area contributed by atoms with Crippen LogP contribution in [0.2, 0.25) is 5.15 Å². The minimum atomic E-state index is -0.492. The summed E-state index contributed by atoms with van der Waals surface area (Å²) in [5.41, 5.74) is 2.77. The lowest BCUT2D eigenvalue weighted by Gasteiger charge is -2.06. The molecule has 0 saturated carbocycles. The third-order valence-corrected chi connectivity index (χ3v) is 3.35. The Labute approximate surface area is 131 Å². The van der Waals surface area contributed by atoms with Crippen LogP contribution in [0, 0.1) is 6.92 Å². The van der Waals surface area contributed by atoms with Crippen LogP contribution in [0.1, 0.15) is 23.1 Å². The minimum absolute atomic E-state index is 0.189. The third kappa shape index (κ3) is 2.53. The number of hydrogen-bond donors (Lipinski definition) is 0. The van der Waals surface area contributed by atoms with Crippen molar-refractivity contribution in [1.82, 2.24) is 19.4 Å². The van der Waals surface area contributed by atoms with Crippen molar-refractivity contribution in [3.05, 3.63) is 47.1 Å². The van der Waals surface area contributed by atoms with Gasteiger partial charge in [0.2, 0.25) is 0 Å². The highest BCUT2D eigenvalue weighted by Crippen LogP contribution is 2.21. The zero-order valence-electron chi connectivity index (χ0n) is 12.1. The first kappa shape index (κ1) is 14.5. The van der Waals surface area contributed by atoms with Crippen molar-refractivity contribution in [2.75, 3.05) is 6.61 Å². The van der Waals surface area contributed by atoms with Gasteiger partial charge in [-0.15, -0.1) is 0 Å². The van der Waals surface area contributed by atoms with Gasteiger partial charge in [-0.1, -0.05) is 17.7 Å². The van der Waals surface area contributed by atoms with Crippen LogP contribution in [0.3, 0.4) is 0 Å². The number of rotatable bonds is 3. The molecule has 6 nitrogen and oxygen atoms in total. The molecule has 0 fully saturated rings. The van der Waals surface area contributed by atoms with Gasteiger partial charge in [0.05, 0.1) is 18.0 Å². The lowest BCUT2D eigenvalue weighted by Crippen LogP contribution is -2.07. The van der Waals surface area contributed by atoms with E-state index in [9.17, 15) is 4.79 Å². The largest absolute Gasteiger partial charge is 0.461 e. The van der Waals surface area contributed by atoms with E-state index in [4.69, 9.17) is 16.3 Å². The maximum absolute atomic E-state index is 12.0. The van der Waals surface area contributed by atoms with Crippen LogP contribution in [0.4, 0.5) is 0 Å². The van der Waals surface area contributed by atoms with E-state index in [1.54, 1.807) is 29.8 Å². The number of esters is 1. The average molecular weight is 317 g/mol. The van der Waals surface area contributed by atoms with Crippen LogP contribution in [-0.4, -0.2) is 31.9 Å². The summed E-state index contributed by atoms with van der Waals surface area (Å²) in [7, 11) is 0. The number of carbonyl (C=O) groups is 1. The standard InChI is InChI=1S/C15H13ClN4O2/c1-3-22-15(21)13-14-19-11(7-9(2)20(14)8-17-13)10-5-4-6-12(16)18-10/h4-8H,3H2,1-2H3. The summed E-state index contributed by atoms with van der Waals surface area (Å²) in [6.07, 6.45) is 1.55. The Hall–Kier alpha value is -2.47. The number of aryl methyl sites for hydroxylation is 1. The molecular formula is C15H13ClN4O2. The van der Waals surface area contributed by atoms with Crippen LogP contribution in [-0.2, 0) is 4.74 Å². The molecule has 0 aliphatic rings. The van der Waals surface area contributed by atoms with Gasteiger partial charge in [-0.25, -0.2) is 19.7 Å². The number of hydrogen-bond acceptors (Lipinski definition) is 5. The first-order valence-electron chi connectivity index (χ1n) is 6.75. The molecule has 0 N–H and O–H groups in total. The van der Waals surface area contributed by atoms with E-state index in [1.165, 1.54) is 0 Å². The highest BCUT2D eigenvalue weighted by molar-refractivity contribution is 6.29. The van der Waals surface area contributed by atoms with Gasteiger partial charge < -0.3 is 4.74 Å². The molecule has 0 bridgehead atoms. The number of halogens is 1. The number of fused-ring (bicyclic) bond motifs is 1. The molecule has 112 valence electrons. The SMILES string of the molecule is CCOC(=O)c1ncn2c(C)cc(-c3cccc(Cl)n3)nc12. The minimum Gasteiger partial charge on any atom is -0.461 e. The van der Waals surface area contributed by atoms with Crippen molar-refractivity contribution < 1.29 is 9.53 Å². The second-order valence-corrected chi connectivity index (χ2v) is 5.02. The quantitative estimate of drug-likeness (QED) is 0.549. The molecule has 3 rings (SSSR count). The van der Waals surface area contributed by atoms with Crippen LogP contribution in [0.25, 0.3) is 17.0 Å². The van der Waals surface area contributed by atoms with Gasteiger partial charge >= 0.3 is 5.97 Å². The molecule has 0 amide bonds. The molecule has 3 heterocycles. The molecule has 22 heavy (non-hydrogen) atoms. The van der Waals surface area contributed by atoms with Crippen molar-refractivity contribution in [3.63, 3.8) is 0 Å². The molecule has 0 aromatic carbocycles. The zero-order chi connectivity index (χ0) is 15.7. The smallest absolute Gasteiger partial charge is 0.360 e. The van der Waals surface area contributed by atoms with Crippen LogP contribution in [0.15, 0.2) is 30.6 Å². The lowest BCUT2D eigenvalue weighted by molar-refractivity contribution is 0.0522. The number of nitrogens with zero attached hydrogens (tertiary/aromatic N) is 4. The summed E-state index contributed by atoms with van der Waals surface area (Å²) in [5.74, 6) is -0.492. The fourth-order valence-corrected chi connectivity index (χ4v) is 2.31. The first-order chi connectivity index (χ1) is 10.6. The van der Waals surface area contributed by atoms with Gasteiger partial charge in [-0.3, -0.25) is 4.40 Å². The third-order valence-electron chi connectivity index (χ3n) is 3.14. The molecule has 0 unspecified atom stereocenters. The van der Waals surface area contributed by atoms with E-state index in [0.29, 0.717) is 22.2 Å². The van der Waals surface area contributed by atoms with E-state index >= 15 is 0 Å². The van der Waals surface area contributed by atoms with E-state index in [1.807, 2.05) is 19.1 Å². The lowest BCUT2D eigenvalue weighted by atomic mass is 10.2. The monoisotopic (exact) mass is 316 g/mol. The fourth-order valence-electron chi connectivity index (χ4n) is 2.15. The summed E-state index contributed by atoms with van der Waals surface area (Å²) < 4.78 is 6.74. The van der Waals surface area contributed by atoms with E-state index < -0.39 is 5.97 Å². The molecule has 0 radical (unpaired) electrons. The van der Waals surface area contributed by atoms with Gasteiger partial charge in [0.15, 0.2) is 11.3 Å². The molecule has 0 aliphatic heterocycles. The Kier molecular flexibility index (Phi) is 3.77. The van der Waals surface area contributed by atoms with Crippen molar-refractivity contribution in [2.45, 2.75) is 13.8 Å². The second kappa shape index (κ2) is 5.73. The Morgan fingerprint density at radius 2 is 2.14 bits per heavy atom. The van der Waals surface area contributed by atoms with Crippen molar-refractivity contribution in [2.24, 2.45) is 0 Å². The number of pyridine rings is 1. The van der Waals surface area contributed by atoms with Crippen LogP contribution < -0.4 is 0 Å². The number of imidazole rings is 1. The molecule has 0 saturated heterocycles. The highest BCUT2D eigenvalue weighted by Gasteiger charge is 2.18. The molecule has 0 atom stereocenters. The average Bonchev–Trinajstić information content (AvgIpc) is 2.92. The Morgan fingerprint density at radius 3 is 2.86 bits per heavy atom. The van der Waals surface area contributed by atoms with E-state index in [-0.39, 0.29) is 12.3 Å². The van der Waals surface area contributed by atoms with Gasteiger partial charge in [-0.05, 0) is 32.0 Å². The number of ether oxygens (including phenoxy) is 1. The van der Waals surface area contributed by atoms with Crippen LogP contribution in [0.5, 0.6) is 0 Å². The number of aromatic nitrogens is 4. The molecule has 0 spiro atoms. The molecule has 7 heteroatoms. The van der Waals surface area contributed by atoms with Gasteiger partial charge in [0, 0.05) is 5.69 Å². The zero-order valence-corrected chi connectivity index (χ0v) is 12.8. The second-order valence-electron chi connectivity index (χ2n) is 4.64. The Bertz CT molecular complexity index is 860. The maximum Gasteiger partial charge on any atom is 0.360 e. The van der Waals surface area contributed by atoms with E-state index in [0.717, 1.165) is 5.69 Å². The Balaban J connectivity index is 2.18. The highest BCUT2D eigenvalue weighted by atomic mass is 35.5. The molecule has 0 aliphatic carbocycles. The molecule has 3 aromatic rings.